The Morgan fingerprint density at radius 1 is 1.27 bits per heavy atom. The molecule has 0 bridgehead atoms. The number of carboxylic acids is 1. The fraction of sp³-hybridized carbons (Fsp3) is 0.778. The molecule has 2 aliphatic carbocycles. The first kappa shape index (κ1) is 17.3. The monoisotopic (exact) mass is 362 g/mol. The average molecular weight is 362 g/mol. The molecule has 2 saturated carbocycles. The van der Waals surface area contributed by atoms with Gasteiger partial charge in [0.2, 0.25) is 5.89 Å². The van der Waals surface area contributed by atoms with Gasteiger partial charge in [0.25, 0.3) is 0 Å². The van der Waals surface area contributed by atoms with E-state index >= 15 is 0 Å². The topological polar surface area (TPSA) is 109 Å². The predicted octanol–water partition coefficient (Wildman–Crippen LogP) is 2.30. The number of likely N-dealkylation sites (tertiary alicyclic amines) is 1. The normalized spacial score (nSPS) is 33.9. The van der Waals surface area contributed by atoms with E-state index < -0.39 is 11.4 Å². The number of hydrogen-bond donors (Lipinski definition) is 2. The summed E-state index contributed by atoms with van der Waals surface area (Å²) in [6, 6.07) is 0.0149. The zero-order chi connectivity index (χ0) is 18.3. The Bertz CT molecular complexity index is 697. The second kappa shape index (κ2) is 6.55. The molecule has 2 atom stereocenters. The van der Waals surface area contributed by atoms with Crippen molar-refractivity contribution in [2.75, 3.05) is 13.1 Å². The summed E-state index contributed by atoms with van der Waals surface area (Å²) in [7, 11) is 0. The van der Waals surface area contributed by atoms with Crippen LogP contribution in [-0.2, 0) is 4.79 Å². The minimum Gasteiger partial charge on any atom is -0.481 e. The largest absolute Gasteiger partial charge is 0.481 e. The number of nitrogens with one attached hydrogen (secondary N) is 1. The highest BCUT2D eigenvalue weighted by atomic mass is 16.5. The van der Waals surface area contributed by atoms with Crippen molar-refractivity contribution in [1.82, 2.24) is 20.4 Å². The number of amides is 2. The van der Waals surface area contributed by atoms with Gasteiger partial charge in [-0.2, -0.15) is 4.98 Å². The number of nitrogens with zero attached hydrogens (tertiary/aromatic N) is 3. The second-order valence-corrected chi connectivity index (χ2v) is 8.11. The highest BCUT2D eigenvalue weighted by molar-refractivity contribution is 5.80. The van der Waals surface area contributed by atoms with Crippen molar-refractivity contribution in [2.24, 2.45) is 11.3 Å². The van der Waals surface area contributed by atoms with E-state index in [1.165, 1.54) is 0 Å². The van der Waals surface area contributed by atoms with Gasteiger partial charge in [-0.15, -0.1) is 0 Å². The smallest absolute Gasteiger partial charge is 0.317 e. The molecule has 142 valence electrons. The van der Waals surface area contributed by atoms with E-state index in [1.54, 1.807) is 4.90 Å². The molecule has 1 aromatic rings. The lowest BCUT2D eigenvalue weighted by Gasteiger charge is -2.29. The summed E-state index contributed by atoms with van der Waals surface area (Å²) in [6.45, 7) is 2.72. The fourth-order valence-electron chi connectivity index (χ4n) is 5.02. The molecule has 26 heavy (non-hydrogen) atoms. The lowest BCUT2D eigenvalue weighted by atomic mass is 9.81. The molecule has 2 N–H and O–H groups in total. The first-order chi connectivity index (χ1) is 12.5. The number of aliphatic carboxylic acids is 1. The molecule has 1 aliphatic heterocycles. The van der Waals surface area contributed by atoms with Crippen molar-refractivity contribution in [2.45, 2.75) is 63.8 Å². The van der Waals surface area contributed by atoms with E-state index in [2.05, 4.69) is 15.5 Å². The number of carboxylic acid groups (broad SMARTS) is 1. The van der Waals surface area contributed by atoms with Gasteiger partial charge >= 0.3 is 12.0 Å². The van der Waals surface area contributed by atoms with E-state index in [9.17, 15) is 14.7 Å². The van der Waals surface area contributed by atoms with Gasteiger partial charge in [0.05, 0.1) is 5.41 Å². The third-order valence-electron chi connectivity index (χ3n) is 6.53. The van der Waals surface area contributed by atoms with Crippen LogP contribution in [0.3, 0.4) is 0 Å². The molecular weight excluding hydrogens is 336 g/mol. The van der Waals surface area contributed by atoms with Crippen LogP contribution in [0, 0.1) is 18.3 Å². The first-order valence-electron chi connectivity index (χ1n) is 9.57. The molecule has 8 heteroatoms. The summed E-state index contributed by atoms with van der Waals surface area (Å²) >= 11 is 0. The van der Waals surface area contributed by atoms with Gasteiger partial charge in [-0.1, -0.05) is 11.6 Å². The highest BCUT2D eigenvalue weighted by Gasteiger charge is 2.55. The number of carbonyl (C=O) groups excluding carboxylic acids is 1. The number of hydrogen-bond acceptors (Lipinski definition) is 5. The van der Waals surface area contributed by atoms with Crippen LogP contribution in [0.15, 0.2) is 4.52 Å². The van der Waals surface area contributed by atoms with Crippen LogP contribution in [0.25, 0.3) is 0 Å². The number of fused-ring (bicyclic) bond motifs is 1. The summed E-state index contributed by atoms with van der Waals surface area (Å²) in [5.74, 6) is 0.976. The zero-order valence-electron chi connectivity index (χ0n) is 15.1. The van der Waals surface area contributed by atoms with Gasteiger partial charge in [-0.05, 0) is 51.4 Å². The number of carbonyl (C=O) groups is 2. The van der Waals surface area contributed by atoms with Gasteiger partial charge in [-0.3, -0.25) is 4.79 Å². The Kier molecular flexibility index (Phi) is 4.36. The standard InChI is InChI=1S/C18H26N4O4/c1-11-19-15(26-21-11)12-4-6-14(7-5-12)20-17(25)22-9-13-3-2-8-18(13,10-22)16(23)24/h12-14H,2-10H2,1H3,(H,20,25)(H,23,24)/t12?,13-,14?,18+/m0/s1. The Hall–Kier alpha value is -2.12. The minimum atomic E-state index is -0.745. The maximum atomic E-state index is 12.6. The SMILES string of the molecule is Cc1noc(C2CCC(NC(=O)N3C[C@@H]4CCC[C@@]4(C(=O)O)C3)CC2)n1. The van der Waals surface area contributed by atoms with E-state index in [4.69, 9.17) is 4.52 Å². The zero-order valence-corrected chi connectivity index (χ0v) is 15.1. The van der Waals surface area contributed by atoms with Crippen LogP contribution < -0.4 is 5.32 Å². The highest BCUT2D eigenvalue weighted by Crippen LogP contribution is 2.48. The lowest BCUT2D eigenvalue weighted by molar-refractivity contribution is -0.149. The van der Waals surface area contributed by atoms with Crippen molar-refractivity contribution >= 4 is 12.0 Å². The first-order valence-corrected chi connectivity index (χ1v) is 9.57. The number of rotatable bonds is 3. The van der Waals surface area contributed by atoms with Crippen LogP contribution in [-0.4, -0.2) is 51.3 Å². The molecule has 8 nitrogen and oxygen atoms in total. The molecule has 3 aliphatic rings. The Balaban J connectivity index is 1.30. The van der Waals surface area contributed by atoms with Crippen molar-refractivity contribution in [1.29, 1.82) is 0 Å². The summed E-state index contributed by atoms with van der Waals surface area (Å²) in [6.07, 6.45) is 6.11. The number of aryl methyl sites for hydroxylation is 1. The third-order valence-corrected chi connectivity index (χ3v) is 6.53. The molecule has 0 aromatic carbocycles. The molecule has 2 heterocycles. The molecule has 0 unspecified atom stereocenters. The minimum absolute atomic E-state index is 0.0993. The van der Waals surface area contributed by atoms with Crippen LogP contribution in [0.2, 0.25) is 0 Å². The van der Waals surface area contributed by atoms with Gasteiger partial charge in [0, 0.05) is 25.0 Å². The van der Waals surface area contributed by atoms with Gasteiger partial charge in [0.15, 0.2) is 5.82 Å². The summed E-state index contributed by atoms with van der Waals surface area (Å²) in [5.41, 5.74) is -0.717. The molecule has 1 aromatic heterocycles. The van der Waals surface area contributed by atoms with E-state index in [0.717, 1.165) is 38.5 Å². The summed E-state index contributed by atoms with van der Waals surface area (Å²) < 4.78 is 5.26. The molecule has 1 saturated heterocycles. The summed E-state index contributed by atoms with van der Waals surface area (Å²) in [5, 5.41) is 16.6. The second-order valence-electron chi connectivity index (χ2n) is 8.11. The third kappa shape index (κ3) is 2.95. The molecular formula is C18H26N4O4. The Labute approximate surface area is 152 Å². The van der Waals surface area contributed by atoms with Gasteiger partial charge < -0.3 is 19.8 Å². The average Bonchev–Trinajstić information content (AvgIpc) is 3.29. The predicted molar refractivity (Wildman–Crippen MR) is 91.5 cm³/mol. The van der Waals surface area contributed by atoms with Crippen molar-refractivity contribution < 1.29 is 19.2 Å². The number of urea groups is 1. The van der Waals surface area contributed by atoms with Gasteiger partial charge in [0.1, 0.15) is 0 Å². The van der Waals surface area contributed by atoms with E-state index in [-0.39, 0.29) is 23.9 Å². The summed E-state index contributed by atoms with van der Waals surface area (Å²) in [4.78, 5) is 30.4. The maximum Gasteiger partial charge on any atom is 0.317 e. The van der Waals surface area contributed by atoms with Crippen LogP contribution in [0.5, 0.6) is 0 Å². The van der Waals surface area contributed by atoms with Crippen molar-refractivity contribution in [3.8, 4) is 0 Å². The molecule has 0 spiro atoms. The Morgan fingerprint density at radius 3 is 2.65 bits per heavy atom. The lowest BCUT2D eigenvalue weighted by Crippen LogP contribution is -2.46. The quantitative estimate of drug-likeness (QED) is 0.854. The molecule has 3 fully saturated rings. The molecule has 0 radical (unpaired) electrons. The van der Waals surface area contributed by atoms with Crippen molar-refractivity contribution in [3.63, 3.8) is 0 Å². The molecule has 4 rings (SSSR count). The van der Waals surface area contributed by atoms with Crippen LogP contribution in [0.1, 0.15) is 62.6 Å². The van der Waals surface area contributed by atoms with Crippen LogP contribution in [0.4, 0.5) is 4.79 Å². The van der Waals surface area contributed by atoms with E-state index in [1.807, 2.05) is 6.92 Å². The Morgan fingerprint density at radius 2 is 2.04 bits per heavy atom. The van der Waals surface area contributed by atoms with Crippen LogP contribution >= 0.6 is 0 Å². The fourth-order valence-corrected chi connectivity index (χ4v) is 5.02. The van der Waals surface area contributed by atoms with Gasteiger partial charge in [-0.25, -0.2) is 4.79 Å². The van der Waals surface area contributed by atoms with Crippen molar-refractivity contribution in [3.05, 3.63) is 11.7 Å². The van der Waals surface area contributed by atoms with E-state index in [0.29, 0.717) is 31.2 Å². The number of aromatic nitrogens is 2. The molecule has 2 amide bonds. The maximum absolute atomic E-state index is 12.6.